The lowest BCUT2D eigenvalue weighted by atomic mass is 10.0. The molecule has 0 aromatic heterocycles. The van der Waals surface area contributed by atoms with E-state index >= 15 is 0 Å². The summed E-state index contributed by atoms with van der Waals surface area (Å²) in [5, 5.41) is 0. The first-order valence-electron chi connectivity index (χ1n) is 7.60. The predicted octanol–water partition coefficient (Wildman–Crippen LogP) is 4.01. The molecule has 0 radical (unpaired) electrons. The highest BCUT2D eigenvalue weighted by molar-refractivity contribution is 6.01. The van der Waals surface area contributed by atoms with Crippen LogP contribution in [0.4, 0.5) is 0 Å². The number of ether oxygens (including phenoxy) is 2. The number of hydrogen-bond donors (Lipinski definition) is 0. The lowest BCUT2D eigenvalue weighted by molar-refractivity contribution is 0.0953. The number of unbranched alkanes of at least 4 members (excludes halogenated alkanes) is 4. The van der Waals surface area contributed by atoms with Crippen LogP contribution in [0, 0.1) is 0 Å². The van der Waals surface area contributed by atoms with Gasteiger partial charge in [0, 0.05) is 5.56 Å². The molecule has 0 saturated carbocycles. The fourth-order valence-corrected chi connectivity index (χ4v) is 2.46. The Morgan fingerprint density at radius 3 is 2.50 bits per heavy atom. The maximum Gasteiger partial charge on any atom is 0.194 e. The highest BCUT2D eigenvalue weighted by Gasteiger charge is 2.44. The van der Waals surface area contributed by atoms with E-state index in [1.807, 2.05) is 12.1 Å². The first-order chi connectivity index (χ1) is 9.76. The van der Waals surface area contributed by atoms with Crippen LogP contribution in [0.25, 0.3) is 0 Å². The summed E-state index contributed by atoms with van der Waals surface area (Å²) in [5.74, 6) is 0.872. The van der Waals surface area contributed by atoms with Gasteiger partial charge in [-0.3, -0.25) is 4.79 Å². The molecule has 20 heavy (non-hydrogen) atoms. The van der Waals surface area contributed by atoms with Crippen molar-refractivity contribution in [1.29, 1.82) is 0 Å². The largest absolute Gasteiger partial charge is 0.497 e. The van der Waals surface area contributed by atoms with E-state index in [1.165, 1.54) is 25.7 Å². The fraction of sp³-hybridized carbons (Fsp3) is 0.588. The maximum atomic E-state index is 12.2. The molecular formula is C17H24O3. The Bertz CT molecular complexity index is 424. The van der Waals surface area contributed by atoms with Crippen molar-refractivity contribution in [3.8, 4) is 5.75 Å². The monoisotopic (exact) mass is 276 g/mol. The molecule has 110 valence electrons. The Hall–Kier alpha value is -1.35. The van der Waals surface area contributed by atoms with Crippen molar-refractivity contribution in [2.24, 2.45) is 0 Å². The number of rotatable bonds is 9. The summed E-state index contributed by atoms with van der Waals surface area (Å²) in [6.07, 6.45) is 7.21. The standard InChI is InChI=1S/C17H24O3/c1-3-4-5-6-7-8-15-17(20-15)16(18)13-9-11-14(19-2)12-10-13/h9-12,15,17H,3-8H2,1-2H3/t15-,17+/m1/s1. The van der Waals surface area contributed by atoms with Crippen LogP contribution < -0.4 is 4.74 Å². The number of carbonyl (C=O) groups is 1. The summed E-state index contributed by atoms with van der Waals surface area (Å²) in [5.41, 5.74) is 0.712. The number of ketones is 1. The average Bonchev–Trinajstić information content (AvgIpc) is 3.26. The van der Waals surface area contributed by atoms with Crippen LogP contribution in [0.2, 0.25) is 0 Å². The molecule has 1 aromatic rings. The zero-order valence-electron chi connectivity index (χ0n) is 12.4. The van der Waals surface area contributed by atoms with Crippen LogP contribution in [0.1, 0.15) is 55.8 Å². The van der Waals surface area contributed by atoms with Crippen molar-refractivity contribution < 1.29 is 14.3 Å². The quantitative estimate of drug-likeness (QED) is 0.388. The van der Waals surface area contributed by atoms with Gasteiger partial charge in [0.2, 0.25) is 0 Å². The normalized spacial score (nSPS) is 20.7. The Kier molecular flexibility index (Phi) is 5.60. The number of epoxide rings is 1. The molecule has 0 bridgehead atoms. The first kappa shape index (κ1) is 15.0. The highest BCUT2D eigenvalue weighted by atomic mass is 16.6. The summed E-state index contributed by atoms with van der Waals surface area (Å²) in [6.45, 7) is 2.22. The SMILES string of the molecule is CCCCCCC[C@H]1O[C@@H]1C(=O)c1ccc(OC)cc1. The van der Waals surface area contributed by atoms with Crippen molar-refractivity contribution in [2.75, 3.05) is 7.11 Å². The minimum absolute atomic E-state index is 0.103. The van der Waals surface area contributed by atoms with Crippen molar-refractivity contribution in [3.05, 3.63) is 29.8 Å². The van der Waals surface area contributed by atoms with Gasteiger partial charge in [0.25, 0.3) is 0 Å². The number of methoxy groups -OCH3 is 1. The lowest BCUT2D eigenvalue weighted by Gasteiger charge is -2.01. The van der Waals surface area contributed by atoms with Gasteiger partial charge in [-0.05, 0) is 30.7 Å². The van der Waals surface area contributed by atoms with Gasteiger partial charge in [-0.2, -0.15) is 0 Å². The van der Waals surface area contributed by atoms with Crippen molar-refractivity contribution in [3.63, 3.8) is 0 Å². The van der Waals surface area contributed by atoms with Crippen molar-refractivity contribution in [2.45, 2.75) is 57.7 Å². The summed E-state index contributed by atoms with van der Waals surface area (Å²) in [4.78, 5) is 12.2. The van der Waals surface area contributed by atoms with E-state index in [4.69, 9.17) is 9.47 Å². The van der Waals surface area contributed by atoms with E-state index in [2.05, 4.69) is 6.92 Å². The third-order valence-electron chi connectivity index (χ3n) is 3.81. The smallest absolute Gasteiger partial charge is 0.194 e. The fourth-order valence-electron chi connectivity index (χ4n) is 2.46. The van der Waals surface area contributed by atoms with Gasteiger partial charge in [0.05, 0.1) is 13.2 Å². The van der Waals surface area contributed by atoms with Crippen LogP contribution in [-0.4, -0.2) is 25.1 Å². The second-order valence-corrected chi connectivity index (χ2v) is 5.39. The molecule has 2 rings (SSSR count). The maximum absolute atomic E-state index is 12.2. The zero-order valence-corrected chi connectivity index (χ0v) is 12.4. The van der Waals surface area contributed by atoms with Crippen LogP contribution in [0.15, 0.2) is 24.3 Å². The molecule has 3 nitrogen and oxygen atoms in total. The Morgan fingerprint density at radius 2 is 1.85 bits per heavy atom. The van der Waals surface area contributed by atoms with Gasteiger partial charge in [-0.1, -0.05) is 39.0 Å². The molecule has 0 unspecified atom stereocenters. The molecule has 1 heterocycles. The summed E-state index contributed by atoms with van der Waals surface area (Å²) in [7, 11) is 1.62. The molecule has 1 aromatic carbocycles. The highest BCUT2D eigenvalue weighted by Crippen LogP contribution is 2.31. The van der Waals surface area contributed by atoms with Crippen molar-refractivity contribution >= 4 is 5.78 Å². The molecule has 2 atom stereocenters. The van der Waals surface area contributed by atoms with Gasteiger partial charge in [-0.15, -0.1) is 0 Å². The van der Waals surface area contributed by atoms with E-state index in [0.717, 1.165) is 18.6 Å². The third-order valence-corrected chi connectivity index (χ3v) is 3.81. The number of hydrogen-bond acceptors (Lipinski definition) is 3. The van der Waals surface area contributed by atoms with E-state index in [9.17, 15) is 4.79 Å². The molecule has 0 spiro atoms. The van der Waals surface area contributed by atoms with E-state index < -0.39 is 0 Å². The second kappa shape index (κ2) is 7.44. The molecule has 1 saturated heterocycles. The van der Waals surface area contributed by atoms with Crippen LogP contribution >= 0.6 is 0 Å². The van der Waals surface area contributed by atoms with Gasteiger partial charge >= 0.3 is 0 Å². The molecule has 0 aliphatic carbocycles. The number of Topliss-reactive ketones (excluding diaryl/α,β-unsaturated/α-hetero) is 1. The molecule has 1 aliphatic heterocycles. The molecule has 0 N–H and O–H groups in total. The Balaban J connectivity index is 1.72. The van der Waals surface area contributed by atoms with Gasteiger partial charge in [0.15, 0.2) is 5.78 Å². The second-order valence-electron chi connectivity index (χ2n) is 5.39. The van der Waals surface area contributed by atoms with E-state index in [1.54, 1.807) is 19.2 Å². The first-order valence-corrected chi connectivity index (χ1v) is 7.60. The molecule has 3 heteroatoms. The van der Waals surface area contributed by atoms with Crippen LogP contribution in [0.5, 0.6) is 5.75 Å². The molecule has 1 fully saturated rings. The Labute approximate surface area is 121 Å². The number of carbonyl (C=O) groups excluding carboxylic acids is 1. The van der Waals surface area contributed by atoms with Gasteiger partial charge < -0.3 is 9.47 Å². The van der Waals surface area contributed by atoms with E-state index in [-0.39, 0.29) is 18.0 Å². The average molecular weight is 276 g/mol. The summed E-state index contributed by atoms with van der Waals surface area (Å²) in [6, 6.07) is 7.24. The topological polar surface area (TPSA) is 38.8 Å². The van der Waals surface area contributed by atoms with Crippen LogP contribution in [0.3, 0.4) is 0 Å². The minimum atomic E-state index is -0.213. The molecule has 0 amide bonds. The van der Waals surface area contributed by atoms with Gasteiger partial charge in [-0.25, -0.2) is 0 Å². The minimum Gasteiger partial charge on any atom is -0.497 e. The molecular weight excluding hydrogens is 252 g/mol. The Morgan fingerprint density at radius 1 is 1.15 bits per heavy atom. The zero-order chi connectivity index (χ0) is 14.4. The lowest BCUT2D eigenvalue weighted by Crippen LogP contribution is -2.10. The van der Waals surface area contributed by atoms with E-state index in [0.29, 0.717) is 5.56 Å². The van der Waals surface area contributed by atoms with Crippen LogP contribution in [-0.2, 0) is 4.74 Å². The summed E-state index contributed by atoms with van der Waals surface area (Å²) < 4.78 is 10.6. The third kappa shape index (κ3) is 4.07. The molecule has 1 aliphatic rings. The predicted molar refractivity (Wildman–Crippen MR) is 79.4 cm³/mol. The number of benzene rings is 1. The van der Waals surface area contributed by atoms with Gasteiger partial charge in [0.1, 0.15) is 11.9 Å². The van der Waals surface area contributed by atoms with Crippen molar-refractivity contribution in [1.82, 2.24) is 0 Å². The summed E-state index contributed by atoms with van der Waals surface area (Å²) >= 11 is 0.